The van der Waals surface area contributed by atoms with Gasteiger partial charge in [-0.15, -0.1) is 0 Å². The van der Waals surface area contributed by atoms with Gasteiger partial charge in [-0.2, -0.15) is 0 Å². The number of carbonyl (C=O) groups excluding carboxylic acids is 1. The molecule has 52 heavy (non-hydrogen) atoms. The summed E-state index contributed by atoms with van der Waals surface area (Å²) in [5, 5.41) is 0. The Kier molecular flexibility index (Phi) is 38.7. The first-order valence-electron chi connectivity index (χ1n) is 21.4. The second kappa shape index (κ2) is 35.7. The highest BCUT2D eigenvalue weighted by atomic mass is 16.5. The maximum atomic E-state index is 11.7. The van der Waals surface area contributed by atoms with Crippen LogP contribution in [0.5, 0.6) is 0 Å². The molecule has 0 radical (unpaired) electrons. The summed E-state index contributed by atoms with van der Waals surface area (Å²) in [5.41, 5.74) is 3.61. The van der Waals surface area contributed by atoms with Crippen molar-refractivity contribution in [2.24, 2.45) is 0 Å². The Labute approximate surface area is 326 Å². The van der Waals surface area contributed by atoms with Crippen molar-refractivity contribution in [1.29, 1.82) is 0 Å². The summed E-state index contributed by atoms with van der Waals surface area (Å²) in [7, 11) is 4.34. The van der Waals surface area contributed by atoms with Gasteiger partial charge < -0.3 is 9.47 Å². The molecule has 4 atom stereocenters. The minimum Gasteiger partial charge on any atom is -0.365 e. The molecule has 3 saturated heterocycles. The van der Waals surface area contributed by atoms with E-state index in [9.17, 15) is 4.79 Å². The second-order valence-corrected chi connectivity index (χ2v) is 11.1. The normalized spacial score (nSPS) is 23.8. The van der Waals surface area contributed by atoms with Crippen LogP contribution in [0.1, 0.15) is 173 Å². The summed E-state index contributed by atoms with van der Waals surface area (Å²) < 4.78 is 12.1. The van der Waals surface area contributed by atoms with Gasteiger partial charge in [0.1, 0.15) is 12.2 Å². The predicted octanol–water partition coefficient (Wildman–Crippen LogP) is 13.6. The Morgan fingerprint density at radius 1 is 0.558 bits per heavy atom. The quantitative estimate of drug-likeness (QED) is 0.288. The van der Waals surface area contributed by atoms with Crippen LogP contribution < -0.4 is 0 Å². The third-order valence-electron chi connectivity index (χ3n) is 8.34. The number of nitrogens with zero attached hydrogens (tertiary/aromatic N) is 2. The number of likely N-dealkylation sites (tertiary alicyclic amines) is 2. The molecule has 6 rings (SSSR count). The Morgan fingerprint density at radius 3 is 1.35 bits per heavy atom. The van der Waals surface area contributed by atoms with Gasteiger partial charge in [-0.05, 0) is 82.6 Å². The molecule has 2 aromatic carbocycles. The third-order valence-corrected chi connectivity index (χ3v) is 8.34. The van der Waals surface area contributed by atoms with Crippen LogP contribution in [0.2, 0.25) is 0 Å². The fourth-order valence-electron chi connectivity index (χ4n) is 6.95. The van der Waals surface area contributed by atoms with E-state index >= 15 is 0 Å². The van der Waals surface area contributed by atoms with Gasteiger partial charge >= 0.3 is 0 Å². The molecular formula is C47H88N2O3. The van der Waals surface area contributed by atoms with Crippen LogP contribution in [0.3, 0.4) is 0 Å². The molecule has 0 amide bonds. The molecule has 4 aliphatic heterocycles. The molecule has 5 heteroatoms. The number of carbonyl (C=O) groups is 1. The minimum atomic E-state index is -0.286. The number of Topliss-reactive ketones (excluding diaryl/α,β-unsaturated/α-hetero) is 1. The van der Waals surface area contributed by atoms with E-state index in [-0.39, 0.29) is 29.6 Å². The van der Waals surface area contributed by atoms with E-state index < -0.39 is 0 Å². The summed E-state index contributed by atoms with van der Waals surface area (Å²) in [6.07, 6.45) is 7.37. The molecule has 4 unspecified atom stereocenters. The lowest BCUT2D eigenvalue weighted by atomic mass is 9.79. The van der Waals surface area contributed by atoms with Crippen molar-refractivity contribution in [1.82, 2.24) is 9.80 Å². The summed E-state index contributed by atoms with van der Waals surface area (Å²) in [5.74, 6) is 0.242. The van der Waals surface area contributed by atoms with Crippen LogP contribution in [0.25, 0.3) is 0 Å². The van der Waals surface area contributed by atoms with Gasteiger partial charge in [0.2, 0.25) is 0 Å². The number of likely N-dealkylation sites (N-methyl/N-ethyl adjacent to an activating group) is 2. The molecule has 2 spiro atoms. The van der Waals surface area contributed by atoms with Gasteiger partial charge in [0.05, 0.1) is 24.3 Å². The van der Waals surface area contributed by atoms with E-state index in [2.05, 4.69) is 91.5 Å². The topological polar surface area (TPSA) is 42.0 Å². The van der Waals surface area contributed by atoms with E-state index in [1.807, 2.05) is 117 Å². The SMILES string of the molecule is CC.CC.CC.CC.CC.CC.CC.CC.CC1=CC2(CCCN(C)C2c2ccccc2)OC1.CN1CCCC2(CC(=O)CO2)C1c1ccccc1. The number of ether oxygens (including phenoxy) is 2. The van der Waals surface area contributed by atoms with Gasteiger partial charge in [-0.1, -0.05) is 171 Å². The van der Waals surface area contributed by atoms with E-state index in [0.29, 0.717) is 12.5 Å². The van der Waals surface area contributed by atoms with Gasteiger partial charge in [-0.3, -0.25) is 14.6 Å². The van der Waals surface area contributed by atoms with Crippen LogP contribution in [0.4, 0.5) is 0 Å². The molecule has 0 bridgehead atoms. The highest BCUT2D eigenvalue weighted by Gasteiger charge is 2.50. The van der Waals surface area contributed by atoms with Crippen molar-refractivity contribution < 1.29 is 14.3 Å². The Balaban J connectivity index is -0.000000321. The van der Waals surface area contributed by atoms with Crippen molar-refractivity contribution in [3.8, 4) is 0 Å². The third kappa shape index (κ3) is 17.2. The van der Waals surface area contributed by atoms with Gasteiger partial charge in [-0.25, -0.2) is 0 Å². The maximum Gasteiger partial charge on any atom is 0.161 e. The number of piperidine rings is 2. The summed E-state index contributed by atoms with van der Waals surface area (Å²) in [6, 6.07) is 21.7. The largest absolute Gasteiger partial charge is 0.365 e. The van der Waals surface area contributed by atoms with Crippen LogP contribution in [-0.4, -0.2) is 67.2 Å². The van der Waals surface area contributed by atoms with E-state index in [1.54, 1.807) is 0 Å². The number of rotatable bonds is 2. The average Bonchev–Trinajstić information content (AvgIpc) is 3.79. The highest BCUT2D eigenvalue weighted by molar-refractivity contribution is 5.82. The first-order chi connectivity index (χ1) is 25.4. The van der Waals surface area contributed by atoms with E-state index in [1.165, 1.54) is 23.1 Å². The zero-order chi connectivity index (χ0) is 41.2. The summed E-state index contributed by atoms with van der Waals surface area (Å²) >= 11 is 0. The van der Waals surface area contributed by atoms with Crippen LogP contribution >= 0.6 is 0 Å². The lowest BCUT2D eigenvalue weighted by Crippen LogP contribution is -2.49. The second-order valence-electron chi connectivity index (χ2n) is 11.1. The molecule has 0 aromatic heterocycles. The molecule has 0 saturated carbocycles. The van der Waals surface area contributed by atoms with Crippen molar-refractivity contribution in [3.05, 3.63) is 83.4 Å². The molecule has 4 heterocycles. The van der Waals surface area contributed by atoms with Crippen molar-refractivity contribution in [3.63, 3.8) is 0 Å². The number of hydrogen-bond donors (Lipinski definition) is 0. The summed E-state index contributed by atoms with van der Waals surface area (Å²) in [4.78, 5) is 16.4. The Bertz CT molecular complexity index is 1070. The fraction of sp³-hybridized carbons (Fsp3) is 0.681. The van der Waals surface area contributed by atoms with Gasteiger partial charge in [0.15, 0.2) is 5.78 Å². The number of ketones is 1. The predicted molar refractivity (Wildman–Crippen MR) is 234 cm³/mol. The van der Waals surface area contributed by atoms with Crippen molar-refractivity contribution in [2.75, 3.05) is 40.4 Å². The highest BCUT2D eigenvalue weighted by Crippen LogP contribution is 2.46. The smallest absolute Gasteiger partial charge is 0.161 e. The molecule has 2 aromatic rings. The zero-order valence-electron chi connectivity index (χ0n) is 38.0. The van der Waals surface area contributed by atoms with E-state index in [4.69, 9.17) is 9.47 Å². The Morgan fingerprint density at radius 2 is 0.962 bits per heavy atom. The van der Waals surface area contributed by atoms with Crippen LogP contribution in [0, 0.1) is 0 Å². The molecular weight excluding hydrogens is 641 g/mol. The van der Waals surface area contributed by atoms with Crippen LogP contribution in [0.15, 0.2) is 72.3 Å². The zero-order valence-corrected chi connectivity index (χ0v) is 38.0. The lowest BCUT2D eigenvalue weighted by molar-refractivity contribution is -0.118. The maximum absolute atomic E-state index is 11.7. The van der Waals surface area contributed by atoms with Crippen LogP contribution in [-0.2, 0) is 14.3 Å². The first-order valence-corrected chi connectivity index (χ1v) is 21.4. The average molecular weight is 729 g/mol. The number of hydrogen-bond acceptors (Lipinski definition) is 5. The van der Waals surface area contributed by atoms with Crippen molar-refractivity contribution >= 4 is 5.78 Å². The fourth-order valence-corrected chi connectivity index (χ4v) is 6.95. The molecule has 4 aliphatic rings. The molecule has 0 aliphatic carbocycles. The van der Waals surface area contributed by atoms with Gasteiger partial charge in [0.25, 0.3) is 0 Å². The summed E-state index contributed by atoms with van der Waals surface area (Å²) in [6.45, 7) is 37.5. The Hall–Kier alpha value is -2.31. The minimum absolute atomic E-state index is 0.0988. The van der Waals surface area contributed by atoms with Crippen molar-refractivity contribution in [2.45, 2.75) is 173 Å². The molecule has 304 valence electrons. The standard InChI is InChI=1S/C16H21NO.C15H19NO2.8C2H6/c1-13-11-16(18-12-13)9-6-10-17(2)15(16)14-7-4-3-5-8-14;1-16-9-5-8-15(10-13(17)11-18-15)14(16)12-6-3-2-4-7-12;8*1-2/h3-5,7-8,11,15H,6,9-10,12H2,1-2H3;2-4,6-7,14H,5,8-11H2,1H3;8*1-2H3. The lowest BCUT2D eigenvalue weighted by Gasteiger charge is -2.46. The molecule has 5 nitrogen and oxygen atoms in total. The monoisotopic (exact) mass is 729 g/mol. The molecule has 3 fully saturated rings. The van der Waals surface area contributed by atoms with E-state index in [0.717, 1.165) is 39.0 Å². The first kappa shape index (κ1) is 56.4. The molecule has 0 N–H and O–H groups in total. The number of benzene rings is 2. The van der Waals surface area contributed by atoms with Gasteiger partial charge in [0, 0.05) is 6.42 Å².